The van der Waals surface area contributed by atoms with Crippen LogP contribution in [0, 0.1) is 5.21 Å². The van der Waals surface area contributed by atoms with Crippen LogP contribution in [0.4, 0.5) is 0 Å². The monoisotopic (exact) mass is 139 g/mol. The molecule has 0 fully saturated rings. The fourth-order valence-corrected chi connectivity index (χ4v) is 0.680. The largest absolute Gasteiger partial charge is 0.758 e. The molecule has 0 radical (unpaired) electrons. The van der Waals surface area contributed by atoms with E-state index in [9.17, 15) is 10.0 Å². The van der Waals surface area contributed by atoms with Gasteiger partial charge in [0, 0.05) is 12.7 Å². The summed E-state index contributed by atoms with van der Waals surface area (Å²) in [6.45, 7) is 0.288. The summed E-state index contributed by atoms with van der Waals surface area (Å²) in [5.41, 5.74) is 5.16. The predicted molar refractivity (Wildman–Crippen MR) is 36.5 cm³/mol. The molecule has 2 N–H and O–H groups in total. The number of amides is 1. The van der Waals surface area contributed by atoms with E-state index in [2.05, 4.69) is 0 Å². The Morgan fingerprint density at radius 1 is 1.80 bits per heavy atom. The standard InChI is InChI=1S/C6H7N2O2/c7-6(9)5-2-1-3-8(10)4-5/h1-2,4H,3H2,(H2,7,9)/q-1. The van der Waals surface area contributed by atoms with Gasteiger partial charge in [-0.1, -0.05) is 12.2 Å². The summed E-state index contributed by atoms with van der Waals surface area (Å²) in [7, 11) is 0. The molecule has 10 heavy (non-hydrogen) atoms. The first kappa shape index (κ1) is 6.82. The molecule has 1 heterocycles. The van der Waals surface area contributed by atoms with E-state index in [1.165, 1.54) is 12.3 Å². The van der Waals surface area contributed by atoms with Crippen LogP contribution in [0.2, 0.25) is 0 Å². The van der Waals surface area contributed by atoms with Crippen molar-refractivity contribution in [2.75, 3.05) is 6.54 Å². The second kappa shape index (κ2) is 2.53. The SMILES string of the molecule is NC(=O)C1=CN([O-])CC=C1. The van der Waals surface area contributed by atoms with Crippen molar-refractivity contribution in [1.29, 1.82) is 0 Å². The molecule has 1 aliphatic rings. The molecule has 1 rings (SSSR count). The average Bonchev–Trinajstić information content (AvgIpc) is 1.88. The number of carbonyl (C=O) groups is 1. The van der Waals surface area contributed by atoms with Crippen LogP contribution in [0.1, 0.15) is 0 Å². The van der Waals surface area contributed by atoms with Crippen LogP contribution in [0.25, 0.3) is 0 Å². The maximum Gasteiger partial charge on any atom is 0.250 e. The van der Waals surface area contributed by atoms with Gasteiger partial charge in [-0.05, 0) is 0 Å². The molecule has 4 heteroatoms. The molecule has 1 amide bonds. The van der Waals surface area contributed by atoms with E-state index in [4.69, 9.17) is 5.73 Å². The number of rotatable bonds is 1. The highest BCUT2D eigenvalue weighted by Gasteiger charge is 2.02. The third-order valence-electron chi connectivity index (χ3n) is 1.15. The molecule has 1 aliphatic heterocycles. The molecule has 0 aromatic rings. The summed E-state index contributed by atoms with van der Waals surface area (Å²) in [6.07, 6.45) is 4.31. The Balaban J connectivity index is 2.76. The number of carbonyl (C=O) groups excluding carboxylic acids is 1. The lowest BCUT2D eigenvalue weighted by atomic mass is 10.2. The highest BCUT2D eigenvalue weighted by molar-refractivity contribution is 5.94. The van der Waals surface area contributed by atoms with Crippen LogP contribution < -0.4 is 5.73 Å². The highest BCUT2D eigenvalue weighted by Crippen LogP contribution is 2.04. The first-order chi connectivity index (χ1) is 4.70. The first-order valence-corrected chi connectivity index (χ1v) is 2.82. The van der Waals surface area contributed by atoms with Gasteiger partial charge < -0.3 is 16.0 Å². The Labute approximate surface area is 58.2 Å². The smallest absolute Gasteiger partial charge is 0.250 e. The van der Waals surface area contributed by atoms with Crippen LogP contribution in [0.5, 0.6) is 0 Å². The predicted octanol–water partition coefficient (Wildman–Crippen LogP) is -0.275. The van der Waals surface area contributed by atoms with Crippen LogP contribution in [-0.4, -0.2) is 17.5 Å². The van der Waals surface area contributed by atoms with Gasteiger partial charge in [0.25, 0.3) is 0 Å². The zero-order chi connectivity index (χ0) is 7.56. The van der Waals surface area contributed by atoms with Gasteiger partial charge in [0.1, 0.15) is 0 Å². The van der Waals surface area contributed by atoms with Crippen molar-refractivity contribution in [2.45, 2.75) is 0 Å². The molecule has 0 unspecified atom stereocenters. The quantitative estimate of drug-likeness (QED) is 0.543. The molecule has 0 bridgehead atoms. The summed E-state index contributed by atoms with van der Waals surface area (Å²) >= 11 is 0. The minimum absolute atomic E-state index is 0.251. The lowest BCUT2D eigenvalue weighted by Crippen LogP contribution is -2.20. The van der Waals surface area contributed by atoms with E-state index in [0.717, 1.165) is 0 Å². The van der Waals surface area contributed by atoms with Gasteiger partial charge in [0.15, 0.2) is 0 Å². The van der Waals surface area contributed by atoms with Crippen molar-refractivity contribution in [3.63, 3.8) is 0 Å². The lowest BCUT2D eigenvalue weighted by Gasteiger charge is -2.27. The second-order valence-electron chi connectivity index (χ2n) is 1.95. The number of primary amides is 1. The van der Waals surface area contributed by atoms with Crippen molar-refractivity contribution in [2.24, 2.45) is 5.73 Å². The highest BCUT2D eigenvalue weighted by atomic mass is 16.5. The number of nitrogens with zero attached hydrogens (tertiary/aromatic N) is 1. The Hall–Kier alpha value is -1.29. The van der Waals surface area contributed by atoms with Gasteiger partial charge in [0.05, 0.1) is 5.57 Å². The fraction of sp³-hybridized carbons (Fsp3) is 0.167. The Morgan fingerprint density at radius 3 is 2.90 bits per heavy atom. The van der Waals surface area contributed by atoms with E-state index >= 15 is 0 Å². The van der Waals surface area contributed by atoms with Crippen LogP contribution in [0.3, 0.4) is 0 Å². The molecule has 54 valence electrons. The van der Waals surface area contributed by atoms with E-state index in [-0.39, 0.29) is 12.1 Å². The van der Waals surface area contributed by atoms with Crippen LogP contribution >= 0.6 is 0 Å². The van der Waals surface area contributed by atoms with Crippen molar-refractivity contribution >= 4 is 5.91 Å². The average molecular weight is 139 g/mol. The zero-order valence-electron chi connectivity index (χ0n) is 5.28. The maximum atomic E-state index is 10.6. The lowest BCUT2D eigenvalue weighted by molar-refractivity contribution is -0.114. The van der Waals surface area contributed by atoms with Gasteiger partial charge >= 0.3 is 0 Å². The van der Waals surface area contributed by atoms with Gasteiger partial charge in [-0.15, -0.1) is 0 Å². The normalized spacial score (nSPS) is 16.9. The Bertz CT molecular complexity index is 208. The van der Waals surface area contributed by atoms with Gasteiger partial charge in [-0.2, -0.15) is 0 Å². The van der Waals surface area contributed by atoms with Gasteiger partial charge in [0.2, 0.25) is 5.91 Å². The van der Waals surface area contributed by atoms with Crippen molar-refractivity contribution < 1.29 is 4.79 Å². The molecule has 0 spiro atoms. The van der Waals surface area contributed by atoms with Crippen molar-refractivity contribution in [3.8, 4) is 0 Å². The number of hydrogen-bond donors (Lipinski definition) is 1. The fourth-order valence-electron chi connectivity index (χ4n) is 0.680. The Kier molecular flexibility index (Phi) is 1.73. The molecular weight excluding hydrogens is 132 g/mol. The number of nitrogens with two attached hydrogens (primary N) is 1. The van der Waals surface area contributed by atoms with Crippen molar-refractivity contribution in [3.05, 3.63) is 29.1 Å². The van der Waals surface area contributed by atoms with E-state index in [0.29, 0.717) is 5.06 Å². The molecule has 0 saturated carbocycles. The van der Waals surface area contributed by atoms with Crippen molar-refractivity contribution in [1.82, 2.24) is 5.06 Å². The molecule has 0 aromatic heterocycles. The zero-order valence-corrected chi connectivity index (χ0v) is 5.28. The summed E-state index contributed by atoms with van der Waals surface area (Å²) in [6, 6.07) is 0. The van der Waals surface area contributed by atoms with Crippen LogP contribution in [-0.2, 0) is 4.79 Å². The number of hydrogen-bond acceptors (Lipinski definition) is 3. The van der Waals surface area contributed by atoms with Gasteiger partial charge in [-0.25, -0.2) is 0 Å². The first-order valence-electron chi connectivity index (χ1n) is 2.82. The van der Waals surface area contributed by atoms with E-state index in [1.807, 2.05) is 0 Å². The maximum absolute atomic E-state index is 10.6. The van der Waals surface area contributed by atoms with Gasteiger partial charge in [-0.3, -0.25) is 4.79 Å². The third-order valence-corrected chi connectivity index (χ3v) is 1.15. The third kappa shape index (κ3) is 1.35. The Morgan fingerprint density at radius 2 is 2.50 bits per heavy atom. The minimum Gasteiger partial charge on any atom is -0.758 e. The van der Waals surface area contributed by atoms with E-state index in [1.54, 1.807) is 6.08 Å². The summed E-state index contributed by atoms with van der Waals surface area (Å²) in [5, 5.41) is 11.2. The van der Waals surface area contributed by atoms with E-state index < -0.39 is 5.91 Å². The molecule has 0 aromatic carbocycles. The summed E-state index contributed by atoms with van der Waals surface area (Å²) in [5.74, 6) is -0.572. The van der Waals surface area contributed by atoms with Crippen LogP contribution in [0.15, 0.2) is 23.9 Å². The number of hydroxylamine groups is 2. The molecule has 4 nitrogen and oxygen atoms in total. The molecule has 0 saturated heterocycles. The molecule has 0 aliphatic carbocycles. The molecular formula is C6H7N2O2-. The minimum atomic E-state index is -0.572. The second-order valence-corrected chi connectivity index (χ2v) is 1.95. The summed E-state index contributed by atoms with van der Waals surface area (Å²) in [4.78, 5) is 10.4. The topological polar surface area (TPSA) is 69.4 Å². The summed E-state index contributed by atoms with van der Waals surface area (Å²) < 4.78 is 0. The molecule has 0 atom stereocenters.